The summed E-state index contributed by atoms with van der Waals surface area (Å²) in [6.45, 7) is 12.3. The van der Waals surface area contributed by atoms with Gasteiger partial charge in [0.1, 0.15) is 0 Å². The van der Waals surface area contributed by atoms with Crippen LogP contribution in [0.25, 0.3) is 0 Å². The van der Waals surface area contributed by atoms with E-state index in [0.29, 0.717) is 29.7 Å². The Hall–Kier alpha value is -0.785. The minimum Gasteiger partial charge on any atom is -0.399 e. The first-order chi connectivity index (χ1) is 11.6. The molecule has 1 aromatic rings. The second-order valence-electron chi connectivity index (χ2n) is 7.93. The monoisotopic (exact) mass is 400 g/mol. The van der Waals surface area contributed by atoms with Gasteiger partial charge >= 0.3 is 7.12 Å². The predicted octanol–water partition coefficient (Wildman–Crippen LogP) is 2.49. The van der Waals surface area contributed by atoms with Gasteiger partial charge in [-0.1, -0.05) is 17.7 Å². The number of nitrogens with one attached hydrogen (secondary N) is 1. The van der Waals surface area contributed by atoms with Crippen LogP contribution in [0.15, 0.2) is 18.2 Å². The van der Waals surface area contributed by atoms with Crippen molar-refractivity contribution in [1.29, 1.82) is 0 Å². The number of benzene rings is 1. The van der Waals surface area contributed by atoms with E-state index < -0.39 is 18.3 Å². The quantitative estimate of drug-likeness (QED) is 0.775. The van der Waals surface area contributed by atoms with Crippen LogP contribution in [-0.2, 0) is 9.31 Å². The molecule has 0 radical (unpaired) electrons. The number of carbonyl (C=O) groups is 1. The van der Waals surface area contributed by atoms with Gasteiger partial charge in [-0.25, -0.2) is 0 Å². The molecule has 2 aliphatic rings. The van der Waals surface area contributed by atoms with E-state index in [1.807, 2.05) is 38.7 Å². The molecule has 1 N–H and O–H groups in total. The lowest BCUT2D eigenvalue weighted by molar-refractivity contribution is 0.00578. The molecule has 0 spiro atoms. The van der Waals surface area contributed by atoms with Gasteiger partial charge in [0.2, 0.25) is 0 Å². The number of piperazine rings is 1. The fourth-order valence-corrected chi connectivity index (χ4v) is 3.39. The summed E-state index contributed by atoms with van der Waals surface area (Å²) < 4.78 is 12.1. The lowest BCUT2D eigenvalue weighted by Gasteiger charge is -2.32. The minimum atomic E-state index is -0.481. The SMILES string of the molecule is C[C@@H]1CN(C(=O)c2ccc(B3OC(C)(C)C(C)(C)O3)cc2Cl)CCN1.Cl. The molecule has 1 amide bonds. The Bertz CT molecular complexity index is 668. The van der Waals surface area contributed by atoms with Gasteiger partial charge in [-0.3, -0.25) is 4.79 Å². The average Bonchev–Trinajstić information content (AvgIpc) is 2.75. The number of carbonyl (C=O) groups excluding carboxylic acids is 1. The Labute approximate surface area is 167 Å². The van der Waals surface area contributed by atoms with Crippen molar-refractivity contribution in [1.82, 2.24) is 10.2 Å². The second kappa shape index (κ2) is 7.68. The van der Waals surface area contributed by atoms with Crippen LogP contribution < -0.4 is 10.8 Å². The van der Waals surface area contributed by atoms with Crippen LogP contribution in [0.3, 0.4) is 0 Å². The summed E-state index contributed by atoms with van der Waals surface area (Å²) in [6, 6.07) is 5.72. The highest BCUT2D eigenvalue weighted by molar-refractivity contribution is 6.62. The summed E-state index contributed by atoms with van der Waals surface area (Å²) in [5.74, 6) is -0.0289. The topological polar surface area (TPSA) is 50.8 Å². The first-order valence-corrected chi connectivity index (χ1v) is 9.16. The summed E-state index contributed by atoms with van der Waals surface area (Å²) >= 11 is 6.43. The van der Waals surface area contributed by atoms with E-state index >= 15 is 0 Å². The molecule has 2 fully saturated rings. The van der Waals surface area contributed by atoms with Crippen LogP contribution in [0, 0.1) is 0 Å². The molecule has 1 atom stereocenters. The summed E-state index contributed by atoms with van der Waals surface area (Å²) in [5, 5.41) is 3.77. The molecule has 1 aromatic carbocycles. The van der Waals surface area contributed by atoms with E-state index in [-0.39, 0.29) is 18.3 Å². The molecule has 2 saturated heterocycles. The number of nitrogens with zero attached hydrogens (tertiary/aromatic N) is 1. The van der Waals surface area contributed by atoms with Gasteiger partial charge in [-0.2, -0.15) is 0 Å². The van der Waals surface area contributed by atoms with Crippen molar-refractivity contribution in [3.05, 3.63) is 28.8 Å². The van der Waals surface area contributed by atoms with E-state index in [1.54, 1.807) is 12.1 Å². The van der Waals surface area contributed by atoms with E-state index in [0.717, 1.165) is 12.0 Å². The molecule has 5 nitrogen and oxygen atoms in total. The first-order valence-electron chi connectivity index (χ1n) is 8.78. The Kier molecular flexibility index (Phi) is 6.36. The zero-order valence-electron chi connectivity index (χ0n) is 16.0. The Morgan fingerprint density at radius 2 is 1.88 bits per heavy atom. The molecule has 2 heterocycles. The molecule has 2 aliphatic heterocycles. The van der Waals surface area contributed by atoms with Crippen LogP contribution in [-0.4, -0.2) is 54.8 Å². The van der Waals surface area contributed by atoms with Crippen LogP contribution >= 0.6 is 24.0 Å². The third-order valence-electron chi connectivity index (χ3n) is 5.40. The van der Waals surface area contributed by atoms with Crippen molar-refractivity contribution < 1.29 is 14.1 Å². The lowest BCUT2D eigenvalue weighted by atomic mass is 9.79. The van der Waals surface area contributed by atoms with Gasteiger partial charge < -0.3 is 19.5 Å². The molecule has 8 heteroatoms. The molecule has 0 aliphatic carbocycles. The summed E-state index contributed by atoms with van der Waals surface area (Å²) in [6.07, 6.45) is 0. The van der Waals surface area contributed by atoms with E-state index in [4.69, 9.17) is 20.9 Å². The Morgan fingerprint density at radius 1 is 1.27 bits per heavy atom. The van der Waals surface area contributed by atoms with Gasteiger partial charge in [0.15, 0.2) is 0 Å². The van der Waals surface area contributed by atoms with Gasteiger partial charge in [-0.15, -0.1) is 12.4 Å². The fraction of sp³-hybridized carbons (Fsp3) is 0.611. The van der Waals surface area contributed by atoms with Crippen molar-refractivity contribution >= 4 is 42.5 Å². The summed E-state index contributed by atoms with van der Waals surface area (Å²) in [5.41, 5.74) is 0.537. The van der Waals surface area contributed by atoms with Crippen molar-refractivity contribution in [2.24, 2.45) is 0 Å². The highest BCUT2D eigenvalue weighted by Gasteiger charge is 2.51. The fourth-order valence-electron chi connectivity index (χ4n) is 3.12. The Balaban J connectivity index is 0.00000243. The summed E-state index contributed by atoms with van der Waals surface area (Å²) in [4.78, 5) is 14.6. The van der Waals surface area contributed by atoms with Crippen molar-refractivity contribution in [3.8, 4) is 0 Å². The minimum absolute atomic E-state index is 0. The molecule has 26 heavy (non-hydrogen) atoms. The third-order valence-corrected chi connectivity index (χ3v) is 5.72. The number of hydrogen-bond acceptors (Lipinski definition) is 4. The van der Waals surface area contributed by atoms with Crippen LogP contribution in [0.4, 0.5) is 0 Å². The van der Waals surface area contributed by atoms with Crippen LogP contribution in [0.1, 0.15) is 45.0 Å². The largest absolute Gasteiger partial charge is 0.494 e. The lowest BCUT2D eigenvalue weighted by Crippen LogP contribution is -2.51. The standard InChI is InChI=1S/C18H26BClN2O3.ClH/c1-12-11-22(9-8-21-12)16(23)14-7-6-13(10-15(14)20)19-24-17(2,3)18(4,5)25-19;/h6-7,10,12,21H,8-9,11H2,1-5H3;1H/t12-;/m1./s1. The number of rotatable bonds is 2. The van der Waals surface area contributed by atoms with Gasteiger partial charge in [0, 0.05) is 25.7 Å². The molecule has 0 aromatic heterocycles. The Morgan fingerprint density at radius 3 is 2.42 bits per heavy atom. The molecule has 0 saturated carbocycles. The van der Waals surface area contributed by atoms with Gasteiger partial charge in [0.05, 0.1) is 21.8 Å². The molecule has 0 unspecified atom stereocenters. The maximum absolute atomic E-state index is 12.8. The summed E-state index contributed by atoms with van der Waals surface area (Å²) in [7, 11) is -0.481. The van der Waals surface area contributed by atoms with Gasteiger partial charge in [-0.05, 0) is 52.2 Å². The maximum Gasteiger partial charge on any atom is 0.494 e. The van der Waals surface area contributed by atoms with Crippen LogP contribution in [0.5, 0.6) is 0 Å². The molecular formula is C18H27BCl2N2O3. The number of amides is 1. The molecule has 3 rings (SSSR count). The van der Waals surface area contributed by atoms with Crippen LogP contribution in [0.2, 0.25) is 5.02 Å². The van der Waals surface area contributed by atoms with E-state index in [2.05, 4.69) is 12.2 Å². The highest BCUT2D eigenvalue weighted by Crippen LogP contribution is 2.36. The smallest absolute Gasteiger partial charge is 0.399 e. The maximum atomic E-state index is 12.8. The van der Waals surface area contributed by atoms with Gasteiger partial charge in [0.25, 0.3) is 5.91 Å². The third kappa shape index (κ3) is 4.05. The average molecular weight is 401 g/mol. The van der Waals surface area contributed by atoms with E-state index in [1.165, 1.54) is 0 Å². The zero-order valence-corrected chi connectivity index (χ0v) is 17.5. The first kappa shape index (κ1) is 21.5. The number of hydrogen-bond donors (Lipinski definition) is 1. The normalized spacial score (nSPS) is 24.3. The number of halogens is 2. The molecular weight excluding hydrogens is 374 g/mol. The highest BCUT2D eigenvalue weighted by atomic mass is 35.5. The van der Waals surface area contributed by atoms with Crippen molar-refractivity contribution in [2.45, 2.75) is 51.9 Å². The van der Waals surface area contributed by atoms with Crippen molar-refractivity contribution in [3.63, 3.8) is 0 Å². The molecule has 0 bridgehead atoms. The molecule has 144 valence electrons. The zero-order chi connectivity index (χ0) is 18.4. The van der Waals surface area contributed by atoms with E-state index in [9.17, 15) is 4.79 Å². The van der Waals surface area contributed by atoms with Crippen molar-refractivity contribution in [2.75, 3.05) is 19.6 Å². The second-order valence-corrected chi connectivity index (χ2v) is 8.34. The predicted molar refractivity (Wildman–Crippen MR) is 108 cm³/mol.